The minimum absolute atomic E-state index is 0.352. The molecule has 0 amide bonds. The molecular formula is C33H41N5OSi. The molecule has 1 fully saturated rings. The van der Waals surface area contributed by atoms with Gasteiger partial charge in [-0.2, -0.15) is 0 Å². The van der Waals surface area contributed by atoms with Crippen LogP contribution in [-0.4, -0.2) is 42.2 Å². The molecule has 6 nitrogen and oxygen atoms in total. The molecule has 0 spiro atoms. The van der Waals surface area contributed by atoms with Gasteiger partial charge in [-0.05, 0) is 52.7 Å². The monoisotopic (exact) mass is 551 g/mol. The summed E-state index contributed by atoms with van der Waals surface area (Å²) in [6.45, 7) is 23.3. The summed E-state index contributed by atoms with van der Waals surface area (Å²) in [5, 5.41) is 8.38. The van der Waals surface area contributed by atoms with Gasteiger partial charge in [0, 0.05) is 42.9 Å². The molecular weight excluding hydrogens is 510 g/mol. The summed E-state index contributed by atoms with van der Waals surface area (Å²) in [5.74, 6) is 4.83. The number of piperidine rings is 1. The molecule has 0 unspecified atom stereocenters. The molecule has 0 saturated carbocycles. The lowest BCUT2D eigenvalue weighted by molar-refractivity contribution is 0.112. The number of carbonyl (C=O) groups excluding carboxylic acids is 1. The van der Waals surface area contributed by atoms with E-state index in [-0.39, 0.29) is 0 Å². The third-order valence-electron chi connectivity index (χ3n) is 8.83. The van der Waals surface area contributed by atoms with Crippen LogP contribution in [0.2, 0.25) is 16.6 Å². The first-order chi connectivity index (χ1) is 19.1. The van der Waals surface area contributed by atoms with Gasteiger partial charge < -0.3 is 9.47 Å². The molecule has 7 heteroatoms. The third-order valence-corrected chi connectivity index (χ3v) is 15.1. The van der Waals surface area contributed by atoms with Crippen LogP contribution in [0.15, 0.2) is 42.7 Å². The number of rotatable bonds is 7. The second-order valence-corrected chi connectivity index (χ2v) is 17.5. The quantitative estimate of drug-likeness (QED) is 0.130. The zero-order valence-corrected chi connectivity index (χ0v) is 25.9. The average Bonchev–Trinajstić information content (AvgIpc) is 3.38. The number of carbonyl (C=O) groups is 1. The van der Waals surface area contributed by atoms with Crippen LogP contribution in [-0.2, 0) is 7.05 Å². The SMILES string of the molecule is [C-]#[N+]c1cccc(-c2ccc(C#C[Si](C(C)C)(C(C)C)C(C)C)c(C=O)c2)c1N1CCC(c2nncn2C)CC1. The number of aldehydes is 1. The van der Waals surface area contributed by atoms with Crippen molar-refractivity contribution in [2.75, 3.05) is 18.0 Å². The molecule has 0 radical (unpaired) electrons. The van der Waals surface area contributed by atoms with Gasteiger partial charge in [-0.3, -0.25) is 4.79 Å². The Kier molecular flexibility index (Phi) is 8.96. The summed E-state index contributed by atoms with van der Waals surface area (Å²) >= 11 is 0. The van der Waals surface area contributed by atoms with E-state index in [1.807, 2.05) is 35.9 Å². The van der Waals surface area contributed by atoms with Crippen LogP contribution in [0.25, 0.3) is 16.0 Å². The second-order valence-electron chi connectivity index (χ2n) is 11.9. The lowest BCUT2D eigenvalue weighted by Gasteiger charge is -2.38. The highest BCUT2D eigenvalue weighted by Crippen LogP contribution is 2.43. The Morgan fingerprint density at radius 3 is 2.27 bits per heavy atom. The fourth-order valence-corrected chi connectivity index (χ4v) is 12.0. The number of aryl methyl sites for hydroxylation is 1. The van der Waals surface area contributed by atoms with E-state index in [2.05, 4.69) is 85.1 Å². The smallest absolute Gasteiger partial charge is 0.210 e. The first-order valence-electron chi connectivity index (χ1n) is 14.4. The van der Waals surface area contributed by atoms with Crippen molar-refractivity contribution in [2.24, 2.45) is 7.05 Å². The van der Waals surface area contributed by atoms with Crippen molar-refractivity contribution < 1.29 is 4.79 Å². The standard InChI is InChI=1S/C33H41N5OSi/c1-23(2)40(24(3)4,25(5)6)19-16-26-12-13-28(20-29(26)21-39)30-10-9-11-31(34-7)32(30)38-17-14-27(15-18-38)33-36-35-22-37(33)8/h9-13,20-25,27H,14-15,17-18H2,1-6,8H3. The number of anilines is 1. The molecule has 40 heavy (non-hydrogen) atoms. The number of benzene rings is 2. The Bertz CT molecular complexity index is 1440. The molecule has 208 valence electrons. The van der Waals surface area contributed by atoms with Crippen molar-refractivity contribution in [3.8, 4) is 22.6 Å². The van der Waals surface area contributed by atoms with Gasteiger partial charge in [0.15, 0.2) is 6.29 Å². The van der Waals surface area contributed by atoms with Crippen molar-refractivity contribution in [1.29, 1.82) is 0 Å². The second kappa shape index (κ2) is 12.2. The molecule has 0 aliphatic carbocycles. The van der Waals surface area contributed by atoms with E-state index in [0.717, 1.165) is 60.4 Å². The number of nitrogens with zero attached hydrogens (tertiary/aromatic N) is 5. The van der Waals surface area contributed by atoms with Crippen LogP contribution in [0.3, 0.4) is 0 Å². The van der Waals surface area contributed by atoms with Crippen LogP contribution in [0.4, 0.5) is 11.4 Å². The van der Waals surface area contributed by atoms with Gasteiger partial charge in [0.25, 0.3) is 0 Å². The molecule has 1 saturated heterocycles. The summed E-state index contributed by atoms with van der Waals surface area (Å²) in [5.41, 5.74) is 10.2. The van der Waals surface area contributed by atoms with Crippen LogP contribution in [0, 0.1) is 18.0 Å². The lowest BCUT2D eigenvalue weighted by Crippen LogP contribution is -2.43. The highest BCUT2D eigenvalue weighted by Gasteiger charge is 2.41. The average molecular weight is 552 g/mol. The number of hydrogen-bond donors (Lipinski definition) is 0. The van der Waals surface area contributed by atoms with Gasteiger partial charge >= 0.3 is 0 Å². The van der Waals surface area contributed by atoms with Gasteiger partial charge in [0.2, 0.25) is 5.69 Å². The third kappa shape index (κ3) is 5.49. The van der Waals surface area contributed by atoms with Crippen LogP contribution in [0.5, 0.6) is 0 Å². The maximum absolute atomic E-state index is 12.3. The van der Waals surface area contributed by atoms with E-state index >= 15 is 0 Å². The van der Waals surface area contributed by atoms with Crippen LogP contribution < -0.4 is 4.90 Å². The Morgan fingerprint density at radius 1 is 1.05 bits per heavy atom. The zero-order valence-electron chi connectivity index (χ0n) is 24.9. The van der Waals surface area contributed by atoms with Gasteiger partial charge in [0.1, 0.15) is 20.2 Å². The fourth-order valence-electron chi connectivity index (χ4n) is 6.76. The van der Waals surface area contributed by atoms with Crippen LogP contribution >= 0.6 is 0 Å². The Labute approximate surface area is 240 Å². The molecule has 1 aliphatic rings. The minimum Gasteiger partial charge on any atom is -0.380 e. The molecule has 2 aromatic carbocycles. The van der Waals surface area contributed by atoms with Gasteiger partial charge in [-0.15, -0.1) is 15.7 Å². The fraction of sp³-hybridized carbons (Fsp3) is 0.455. The topological polar surface area (TPSA) is 55.4 Å². The van der Waals surface area contributed by atoms with Crippen molar-refractivity contribution in [3.05, 3.63) is 71.1 Å². The van der Waals surface area contributed by atoms with E-state index < -0.39 is 8.07 Å². The molecule has 2 heterocycles. The summed E-state index contributed by atoms with van der Waals surface area (Å²) in [4.78, 5) is 18.5. The Morgan fingerprint density at radius 2 is 1.73 bits per heavy atom. The predicted octanol–water partition coefficient (Wildman–Crippen LogP) is 7.80. The Balaban J connectivity index is 1.70. The van der Waals surface area contributed by atoms with Crippen molar-refractivity contribution in [3.63, 3.8) is 0 Å². The van der Waals surface area contributed by atoms with E-state index in [9.17, 15) is 4.79 Å². The molecule has 1 aromatic heterocycles. The van der Waals surface area contributed by atoms with Gasteiger partial charge in [0.05, 0.1) is 6.57 Å². The van der Waals surface area contributed by atoms with Crippen LogP contribution in [0.1, 0.15) is 82.0 Å². The number of hydrogen-bond acceptors (Lipinski definition) is 4. The first kappa shape index (κ1) is 29.3. The summed E-state index contributed by atoms with van der Waals surface area (Å²) in [6.07, 6.45) is 4.56. The molecule has 4 rings (SSSR count). The molecule has 0 atom stereocenters. The van der Waals surface area contributed by atoms with Crippen molar-refractivity contribution in [1.82, 2.24) is 14.8 Å². The van der Waals surface area contributed by atoms with Crippen molar-refractivity contribution in [2.45, 2.75) is 76.9 Å². The van der Waals surface area contributed by atoms with Gasteiger partial charge in [-0.25, -0.2) is 4.85 Å². The van der Waals surface area contributed by atoms with E-state index in [1.54, 1.807) is 6.33 Å². The molecule has 1 aliphatic heterocycles. The predicted molar refractivity (Wildman–Crippen MR) is 167 cm³/mol. The number of para-hydroxylation sites is 1. The highest BCUT2D eigenvalue weighted by atomic mass is 28.3. The highest BCUT2D eigenvalue weighted by molar-refractivity contribution is 6.90. The largest absolute Gasteiger partial charge is 0.380 e. The maximum Gasteiger partial charge on any atom is 0.210 e. The molecule has 3 aromatic rings. The summed E-state index contributed by atoms with van der Waals surface area (Å²) < 4.78 is 2.00. The molecule has 0 N–H and O–H groups in total. The maximum atomic E-state index is 12.3. The minimum atomic E-state index is -1.92. The summed E-state index contributed by atoms with van der Waals surface area (Å²) in [6, 6.07) is 11.9. The summed E-state index contributed by atoms with van der Waals surface area (Å²) in [7, 11) is 0.0658. The molecule has 0 bridgehead atoms. The first-order valence-corrected chi connectivity index (χ1v) is 16.6. The lowest BCUT2D eigenvalue weighted by atomic mass is 9.93. The van der Waals surface area contributed by atoms with E-state index in [0.29, 0.717) is 33.8 Å². The van der Waals surface area contributed by atoms with Crippen molar-refractivity contribution >= 4 is 25.7 Å². The zero-order chi connectivity index (χ0) is 29.0. The van der Waals surface area contributed by atoms with Gasteiger partial charge in [-0.1, -0.05) is 71.7 Å². The number of aromatic nitrogens is 3. The van der Waals surface area contributed by atoms with E-state index in [4.69, 9.17) is 6.57 Å². The van der Waals surface area contributed by atoms with E-state index in [1.165, 1.54) is 0 Å². The Hall–Kier alpha value is -3.68. The normalized spacial score (nSPS) is 14.4.